The van der Waals surface area contributed by atoms with Crippen LogP contribution in [0.4, 0.5) is 5.69 Å². The maximum Gasteiger partial charge on any atom is 0.339 e. The van der Waals surface area contributed by atoms with Crippen LogP contribution < -0.4 is 14.8 Å². The number of aromatic nitrogens is 1. The number of carboxylic acids is 1. The summed E-state index contributed by atoms with van der Waals surface area (Å²) in [6, 6.07) is 14.9. The van der Waals surface area contributed by atoms with E-state index in [4.69, 9.17) is 9.47 Å². The Labute approximate surface area is 167 Å². The largest absolute Gasteiger partial charge is 0.497 e. The number of hydrogen-bond donors (Lipinski definition) is 2. The summed E-state index contributed by atoms with van der Waals surface area (Å²) in [7, 11) is 3.11. The van der Waals surface area contributed by atoms with Gasteiger partial charge in [0.05, 0.1) is 31.3 Å². The van der Waals surface area contributed by atoms with E-state index in [0.29, 0.717) is 28.6 Å². The summed E-state index contributed by atoms with van der Waals surface area (Å²) in [6.07, 6.45) is 1.73. The van der Waals surface area contributed by atoms with Crippen molar-refractivity contribution in [3.05, 3.63) is 71.5 Å². The van der Waals surface area contributed by atoms with Crippen LogP contribution in [0.5, 0.6) is 11.5 Å². The minimum Gasteiger partial charge on any atom is -0.497 e. The predicted molar refractivity (Wildman–Crippen MR) is 107 cm³/mol. The van der Waals surface area contributed by atoms with Gasteiger partial charge in [-0.2, -0.15) is 0 Å². The van der Waals surface area contributed by atoms with Crippen LogP contribution in [-0.2, 0) is 4.79 Å². The summed E-state index contributed by atoms with van der Waals surface area (Å²) < 4.78 is 12.6. The fourth-order valence-corrected chi connectivity index (χ4v) is 3.78. The molecule has 2 N–H and O–H groups in total. The number of nitrogens with zero attached hydrogens (tertiary/aromatic N) is 1. The topological polar surface area (TPSA) is 89.8 Å². The van der Waals surface area contributed by atoms with Crippen molar-refractivity contribution in [2.75, 3.05) is 19.5 Å². The molecule has 3 aromatic rings. The molecule has 0 radical (unpaired) electrons. The van der Waals surface area contributed by atoms with Gasteiger partial charge in [-0.3, -0.25) is 4.79 Å². The van der Waals surface area contributed by atoms with Gasteiger partial charge in [-0.15, -0.1) is 0 Å². The smallest absolute Gasteiger partial charge is 0.339 e. The normalized spacial score (nSPS) is 15.4. The second-order valence-corrected chi connectivity index (χ2v) is 6.73. The molecular formula is C22H20N2O5. The van der Waals surface area contributed by atoms with Gasteiger partial charge in [0, 0.05) is 24.6 Å². The minimum absolute atomic E-state index is 0.0267. The van der Waals surface area contributed by atoms with E-state index in [1.54, 1.807) is 37.0 Å². The molecule has 0 unspecified atom stereocenters. The molecule has 1 aliphatic rings. The first-order chi connectivity index (χ1) is 14.0. The number of aromatic carboxylic acids is 1. The van der Waals surface area contributed by atoms with Crippen molar-refractivity contribution in [1.29, 1.82) is 0 Å². The summed E-state index contributed by atoms with van der Waals surface area (Å²) in [5.74, 6) is -0.468. The van der Waals surface area contributed by atoms with E-state index in [9.17, 15) is 14.7 Å². The second kappa shape index (κ2) is 7.35. The van der Waals surface area contributed by atoms with E-state index < -0.39 is 5.97 Å². The zero-order chi connectivity index (χ0) is 20.5. The minimum atomic E-state index is -1.11. The highest BCUT2D eigenvalue weighted by Crippen LogP contribution is 2.43. The molecule has 4 rings (SSSR count). The Balaban J connectivity index is 2.01. The molecule has 0 spiro atoms. The van der Waals surface area contributed by atoms with Crippen LogP contribution in [0.15, 0.2) is 54.7 Å². The van der Waals surface area contributed by atoms with E-state index >= 15 is 0 Å². The summed E-state index contributed by atoms with van der Waals surface area (Å²) in [4.78, 5) is 24.3. The predicted octanol–water partition coefficient (Wildman–Crippen LogP) is 3.67. The standard InChI is InChI=1S/C22H20N2O5/c1-28-14-8-9-18(29-2)17(10-14)24-12-16(22(26)27)20-21(24)15(11-19(25)23-20)13-6-4-3-5-7-13/h3-10,12,15H,11H2,1-2H3,(H,23,25)(H,26,27)/t15-/m1/s1. The van der Waals surface area contributed by atoms with Gasteiger partial charge in [0.1, 0.15) is 17.1 Å². The molecule has 0 saturated heterocycles. The Morgan fingerprint density at radius 2 is 1.90 bits per heavy atom. The fourth-order valence-electron chi connectivity index (χ4n) is 3.78. The fraction of sp³-hybridized carbons (Fsp3) is 0.182. The van der Waals surface area contributed by atoms with Crippen LogP contribution in [0.3, 0.4) is 0 Å². The van der Waals surface area contributed by atoms with Crippen LogP contribution in [0.2, 0.25) is 0 Å². The van der Waals surface area contributed by atoms with Crippen LogP contribution >= 0.6 is 0 Å². The average Bonchev–Trinajstić information content (AvgIpc) is 3.12. The Morgan fingerprint density at radius 1 is 1.14 bits per heavy atom. The number of nitrogens with one attached hydrogen (secondary N) is 1. The number of carbonyl (C=O) groups is 2. The van der Waals surface area contributed by atoms with Crippen molar-refractivity contribution in [2.24, 2.45) is 0 Å². The Bertz CT molecular complexity index is 1090. The number of ether oxygens (including phenoxy) is 2. The molecule has 1 aromatic heterocycles. The number of benzene rings is 2. The summed E-state index contributed by atoms with van der Waals surface area (Å²) in [6.45, 7) is 0. The maximum absolute atomic E-state index is 12.4. The maximum atomic E-state index is 12.4. The van der Waals surface area contributed by atoms with Crippen molar-refractivity contribution < 1.29 is 24.2 Å². The molecule has 29 heavy (non-hydrogen) atoms. The van der Waals surface area contributed by atoms with Crippen LogP contribution in [0.1, 0.15) is 34.0 Å². The van der Waals surface area contributed by atoms with Crippen LogP contribution in [0.25, 0.3) is 5.69 Å². The number of fused-ring (bicyclic) bond motifs is 1. The van der Waals surface area contributed by atoms with Gasteiger partial charge in [0.2, 0.25) is 5.91 Å². The zero-order valence-corrected chi connectivity index (χ0v) is 16.0. The Hall–Kier alpha value is -3.74. The second-order valence-electron chi connectivity index (χ2n) is 6.73. The monoisotopic (exact) mass is 392 g/mol. The van der Waals surface area contributed by atoms with Crippen molar-refractivity contribution in [1.82, 2.24) is 4.57 Å². The number of carbonyl (C=O) groups excluding carboxylic acids is 1. The molecule has 0 bridgehead atoms. The average molecular weight is 392 g/mol. The lowest BCUT2D eigenvalue weighted by Crippen LogP contribution is -2.25. The van der Waals surface area contributed by atoms with Gasteiger partial charge in [-0.1, -0.05) is 30.3 Å². The molecule has 0 fully saturated rings. The van der Waals surface area contributed by atoms with Gasteiger partial charge in [-0.05, 0) is 17.7 Å². The third kappa shape index (κ3) is 3.20. The van der Waals surface area contributed by atoms with Crippen molar-refractivity contribution >= 4 is 17.6 Å². The molecule has 2 aromatic carbocycles. The number of amides is 1. The summed E-state index contributed by atoms with van der Waals surface area (Å²) >= 11 is 0. The summed E-state index contributed by atoms with van der Waals surface area (Å²) in [5.41, 5.74) is 2.60. The van der Waals surface area contributed by atoms with Crippen LogP contribution in [-0.4, -0.2) is 35.8 Å². The van der Waals surface area contributed by atoms with Gasteiger partial charge in [0.25, 0.3) is 0 Å². The lowest BCUT2D eigenvalue weighted by molar-refractivity contribution is -0.116. The van der Waals surface area contributed by atoms with E-state index in [2.05, 4.69) is 5.32 Å². The van der Waals surface area contributed by atoms with E-state index in [0.717, 1.165) is 5.56 Å². The highest BCUT2D eigenvalue weighted by molar-refractivity contribution is 6.04. The van der Waals surface area contributed by atoms with E-state index in [-0.39, 0.29) is 23.8 Å². The molecule has 7 nitrogen and oxygen atoms in total. The molecule has 0 aliphatic carbocycles. The third-order valence-corrected chi connectivity index (χ3v) is 5.11. The quantitative estimate of drug-likeness (QED) is 0.692. The highest BCUT2D eigenvalue weighted by atomic mass is 16.5. The van der Waals surface area contributed by atoms with Crippen molar-refractivity contribution in [3.63, 3.8) is 0 Å². The van der Waals surface area contributed by atoms with Crippen molar-refractivity contribution in [3.8, 4) is 17.2 Å². The highest BCUT2D eigenvalue weighted by Gasteiger charge is 2.35. The molecule has 148 valence electrons. The lowest BCUT2D eigenvalue weighted by Gasteiger charge is -2.26. The first-order valence-electron chi connectivity index (χ1n) is 9.09. The lowest BCUT2D eigenvalue weighted by atomic mass is 9.88. The van der Waals surface area contributed by atoms with Gasteiger partial charge < -0.3 is 24.5 Å². The number of rotatable bonds is 5. The number of methoxy groups -OCH3 is 2. The molecule has 7 heteroatoms. The molecule has 1 amide bonds. The van der Waals surface area contributed by atoms with E-state index in [1.807, 2.05) is 30.3 Å². The molecule has 1 atom stereocenters. The number of anilines is 1. The molecular weight excluding hydrogens is 372 g/mol. The Kier molecular flexibility index (Phi) is 4.72. The van der Waals surface area contributed by atoms with Crippen LogP contribution in [0, 0.1) is 0 Å². The van der Waals surface area contributed by atoms with Gasteiger partial charge in [-0.25, -0.2) is 4.79 Å². The first kappa shape index (κ1) is 18.6. The van der Waals surface area contributed by atoms with Gasteiger partial charge in [0.15, 0.2) is 0 Å². The summed E-state index contributed by atoms with van der Waals surface area (Å²) in [5, 5.41) is 12.5. The first-order valence-corrected chi connectivity index (χ1v) is 9.09. The molecule has 1 aliphatic heterocycles. The van der Waals surface area contributed by atoms with Crippen molar-refractivity contribution in [2.45, 2.75) is 12.3 Å². The number of carboxylic acid groups (broad SMARTS) is 1. The third-order valence-electron chi connectivity index (χ3n) is 5.11. The van der Waals surface area contributed by atoms with Gasteiger partial charge >= 0.3 is 5.97 Å². The SMILES string of the molecule is COc1ccc(OC)c(-n2cc(C(=O)O)c3c2[C@@H](c2ccccc2)CC(=O)N3)c1. The molecule has 2 heterocycles. The zero-order valence-electron chi connectivity index (χ0n) is 16.0. The number of hydrogen-bond acceptors (Lipinski definition) is 4. The Morgan fingerprint density at radius 3 is 2.55 bits per heavy atom. The molecule has 0 saturated carbocycles. The van der Waals surface area contributed by atoms with E-state index in [1.165, 1.54) is 6.20 Å².